The zero-order chi connectivity index (χ0) is 11.5. The first-order valence-corrected chi connectivity index (χ1v) is 5.91. The third kappa shape index (κ3) is 2.42. The quantitative estimate of drug-likeness (QED) is 0.889. The first-order chi connectivity index (χ1) is 7.66. The van der Waals surface area contributed by atoms with Gasteiger partial charge in [0.15, 0.2) is 0 Å². The van der Waals surface area contributed by atoms with Crippen LogP contribution in [0.5, 0.6) is 0 Å². The van der Waals surface area contributed by atoms with E-state index in [0.29, 0.717) is 0 Å². The molecule has 2 rings (SSSR count). The van der Waals surface area contributed by atoms with Crippen LogP contribution in [0.25, 0.3) is 0 Å². The molecule has 16 heavy (non-hydrogen) atoms. The first kappa shape index (κ1) is 11.1. The Labute approximate surface area is 104 Å². The Kier molecular flexibility index (Phi) is 3.25. The molecule has 0 unspecified atom stereocenters. The van der Waals surface area contributed by atoms with Crippen molar-refractivity contribution in [3.63, 3.8) is 0 Å². The van der Waals surface area contributed by atoms with Gasteiger partial charge in [-0.2, -0.15) is 0 Å². The first-order valence-electron chi connectivity index (χ1n) is 5.11. The van der Waals surface area contributed by atoms with Crippen LogP contribution in [-0.2, 0) is 0 Å². The number of hydrogen-bond donors (Lipinski definition) is 1. The molecule has 0 bridgehead atoms. The third-order valence-electron chi connectivity index (χ3n) is 2.39. The number of anilines is 2. The molecule has 0 radical (unpaired) electrons. The van der Waals surface area contributed by atoms with Crippen molar-refractivity contribution in [2.45, 2.75) is 13.8 Å². The lowest BCUT2D eigenvalue weighted by atomic mass is 10.1. The minimum atomic E-state index is 0.842. The minimum Gasteiger partial charge on any atom is -0.339 e. The van der Waals surface area contributed by atoms with Crippen molar-refractivity contribution in [2.75, 3.05) is 5.32 Å². The van der Waals surface area contributed by atoms with E-state index in [1.165, 1.54) is 11.1 Å². The van der Waals surface area contributed by atoms with Crippen LogP contribution in [0.3, 0.4) is 0 Å². The number of nitrogens with zero attached hydrogens (tertiary/aromatic N) is 1. The molecule has 0 fully saturated rings. The lowest BCUT2D eigenvalue weighted by Crippen LogP contribution is -1.96. The van der Waals surface area contributed by atoms with Crippen molar-refractivity contribution in [2.24, 2.45) is 0 Å². The summed E-state index contributed by atoms with van der Waals surface area (Å²) in [6.45, 7) is 4.18. The van der Waals surface area contributed by atoms with Crippen molar-refractivity contribution < 1.29 is 0 Å². The van der Waals surface area contributed by atoms with Gasteiger partial charge in [0.2, 0.25) is 0 Å². The van der Waals surface area contributed by atoms with Crippen molar-refractivity contribution >= 4 is 27.4 Å². The standard InChI is InChI=1S/C13H13BrN2/c1-9-5-6-12(10(2)8-9)16-13-11(14)4-3-7-15-13/h3-8H,1-2H3,(H,15,16). The molecule has 1 aromatic heterocycles. The molecule has 1 heterocycles. The minimum absolute atomic E-state index is 0.842. The summed E-state index contributed by atoms with van der Waals surface area (Å²) in [5.41, 5.74) is 3.57. The fourth-order valence-electron chi connectivity index (χ4n) is 1.56. The second-order valence-electron chi connectivity index (χ2n) is 3.78. The van der Waals surface area contributed by atoms with Crippen LogP contribution in [0.1, 0.15) is 11.1 Å². The molecule has 0 aliphatic carbocycles. The Morgan fingerprint density at radius 1 is 1.19 bits per heavy atom. The zero-order valence-electron chi connectivity index (χ0n) is 9.29. The predicted octanol–water partition coefficient (Wildman–Crippen LogP) is 4.20. The van der Waals surface area contributed by atoms with E-state index in [4.69, 9.17) is 0 Å². The number of hydrogen-bond acceptors (Lipinski definition) is 2. The molecular weight excluding hydrogens is 264 g/mol. The molecule has 2 nitrogen and oxygen atoms in total. The average molecular weight is 277 g/mol. The Morgan fingerprint density at radius 3 is 2.69 bits per heavy atom. The summed E-state index contributed by atoms with van der Waals surface area (Å²) in [7, 11) is 0. The lowest BCUT2D eigenvalue weighted by Gasteiger charge is -2.10. The Hall–Kier alpha value is -1.35. The van der Waals surface area contributed by atoms with Crippen molar-refractivity contribution in [1.82, 2.24) is 4.98 Å². The van der Waals surface area contributed by atoms with Crippen LogP contribution < -0.4 is 5.32 Å². The van der Waals surface area contributed by atoms with Crippen LogP contribution in [0, 0.1) is 13.8 Å². The van der Waals surface area contributed by atoms with Crippen LogP contribution in [-0.4, -0.2) is 4.98 Å². The van der Waals surface area contributed by atoms with Gasteiger partial charge in [-0.3, -0.25) is 0 Å². The highest BCUT2D eigenvalue weighted by Gasteiger charge is 2.02. The van der Waals surface area contributed by atoms with Gasteiger partial charge in [-0.05, 0) is 53.5 Å². The summed E-state index contributed by atoms with van der Waals surface area (Å²) < 4.78 is 0.968. The second-order valence-corrected chi connectivity index (χ2v) is 4.63. The van der Waals surface area contributed by atoms with Gasteiger partial charge in [-0.1, -0.05) is 17.7 Å². The van der Waals surface area contributed by atoms with Gasteiger partial charge in [-0.25, -0.2) is 4.98 Å². The zero-order valence-corrected chi connectivity index (χ0v) is 10.9. The van der Waals surface area contributed by atoms with Gasteiger partial charge in [0, 0.05) is 11.9 Å². The SMILES string of the molecule is Cc1ccc(Nc2ncccc2Br)c(C)c1. The van der Waals surface area contributed by atoms with Crippen LogP contribution in [0.15, 0.2) is 41.0 Å². The molecule has 0 spiro atoms. The van der Waals surface area contributed by atoms with Gasteiger partial charge >= 0.3 is 0 Å². The summed E-state index contributed by atoms with van der Waals surface area (Å²) in [6, 6.07) is 10.2. The fraction of sp³-hybridized carbons (Fsp3) is 0.154. The monoisotopic (exact) mass is 276 g/mol. The summed E-state index contributed by atoms with van der Waals surface area (Å²) in [4.78, 5) is 4.28. The molecule has 0 aliphatic rings. The maximum atomic E-state index is 4.28. The molecule has 0 saturated carbocycles. The lowest BCUT2D eigenvalue weighted by molar-refractivity contribution is 1.27. The van der Waals surface area contributed by atoms with Crippen LogP contribution >= 0.6 is 15.9 Å². The van der Waals surface area contributed by atoms with E-state index >= 15 is 0 Å². The van der Waals surface area contributed by atoms with Crippen LogP contribution in [0.4, 0.5) is 11.5 Å². The smallest absolute Gasteiger partial charge is 0.144 e. The molecule has 2 aromatic rings. The summed E-state index contributed by atoms with van der Waals surface area (Å²) >= 11 is 3.47. The van der Waals surface area contributed by atoms with Crippen molar-refractivity contribution in [1.29, 1.82) is 0 Å². The van der Waals surface area contributed by atoms with Gasteiger partial charge in [0.1, 0.15) is 5.82 Å². The highest BCUT2D eigenvalue weighted by atomic mass is 79.9. The van der Waals surface area contributed by atoms with Crippen molar-refractivity contribution in [3.8, 4) is 0 Å². The van der Waals surface area contributed by atoms with E-state index in [1.807, 2.05) is 12.1 Å². The predicted molar refractivity (Wildman–Crippen MR) is 71.1 cm³/mol. The van der Waals surface area contributed by atoms with Gasteiger partial charge in [0.25, 0.3) is 0 Å². The number of pyridine rings is 1. The number of halogens is 1. The van der Waals surface area contributed by atoms with E-state index < -0.39 is 0 Å². The molecule has 0 saturated heterocycles. The number of aromatic nitrogens is 1. The molecular formula is C13H13BrN2. The molecule has 0 atom stereocenters. The Bertz CT molecular complexity index is 509. The fourth-order valence-corrected chi connectivity index (χ4v) is 1.91. The Balaban J connectivity index is 2.31. The summed E-state index contributed by atoms with van der Waals surface area (Å²) in [6.07, 6.45) is 1.77. The normalized spacial score (nSPS) is 10.2. The van der Waals surface area contributed by atoms with Crippen molar-refractivity contribution in [3.05, 3.63) is 52.1 Å². The molecule has 82 valence electrons. The highest BCUT2D eigenvalue weighted by Crippen LogP contribution is 2.25. The number of aryl methyl sites for hydroxylation is 2. The molecule has 1 N–H and O–H groups in total. The topological polar surface area (TPSA) is 24.9 Å². The second kappa shape index (κ2) is 4.66. The number of nitrogens with one attached hydrogen (secondary N) is 1. The highest BCUT2D eigenvalue weighted by molar-refractivity contribution is 9.10. The van der Waals surface area contributed by atoms with Crippen LogP contribution in [0.2, 0.25) is 0 Å². The molecule has 3 heteroatoms. The maximum Gasteiger partial charge on any atom is 0.144 e. The summed E-state index contributed by atoms with van der Waals surface area (Å²) in [5.74, 6) is 0.842. The van der Waals surface area contributed by atoms with Gasteiger partial charge in [-0.15, -0.1) is 0 Å². The molecule has 1 aromatic carbocycles. The molecule has 0 aliphatic heterocycles. The number of rotatable bonds is 2. The number of benzene rings is 1. The van der Waals surface area contributed by atoms with E-state index in [0.717, 1.165) is 16.0 Å². The Morgan fingerprint density at radius 2 is 2.00 bits per heavy atom. The van der Waals surface area contributed by atoms with Gasteiger partial charge in [0.05, 0.1) is 4.47 Å². The van der Waals surface area contributed by atoms with Gasteiger partial charge < -0.3 is 5.32 Å². The third-order valence-corrected chi connectivity index (χ3v) is 3.03. The van der Waals surface area contributed by atoms with E-state index in [9.17, 15) is 0 Å². The maximum absolute atomic E-state index is 4.28. The average Bonchev–Trinajstić information content (AvgIpc) is 2.25. The summed E-state index contributed by atoms with van der Waals surface area (Å²) in [5, 5.41) is 3.31. The van der Waals surface area contributed by atoms with E-state index in [2.05, 4.69) is 58.3 Å². The largest absolute Gasteiger partial charge is 0.339 e. The van der Waals surface area contributed by atoms with E-state index in [1.54, 1.807) is 6.20 Å². The van der Waals surface area contributed by atoms with E-state index in [-0.39, 0.29) is 0 Å². The molecule has 0 amide bonds.